The summed E-state index contributed by atoms with van der Waals surface area (Å²) < 4.78 is 13.1. The first kappa shape index (κ1) is 15.1. The van der Waals surface area contributed by atoms with Crippen LogP contribution < -0.4 is 5.32 Å². The van der Waals surface area contributed by atoms with Gasteiger partial charge in [-0.05, 0) is 44.0 Å². The molecular weight excluding hydrogens is 307 g/mol. The van der Waals surface area contributed by atoms with Gasteiger partial charge in [-0.2, -0.15) is 0 Å². The highest BCUT2D eigenvalue weighted by Crippen LogP contribution is 2.43. The molecule has 2 unspecified atom stereocenters. The van der Waals surface area contributed by atoms with E-state index in [1.54, 1.807) is 12.1 Å². The first-order valence-electron chi connectivity index (χ1n) is 8.35. The van der Waals surface area contributed by atoms with Crippen molar-refractivity contribution in [3.63, 3.8) is 0 Å². The summed E-state index contributed by atoms with van der Waals surface area (Å²) in [6, 6.07) is 6.47. The van der Waals surface area contributed by atoms with Crippen LogP contribution in [0.2, 0.25) is 0 Å². The van der Waals surface area contributed by atoms with Gasteiger partial charge in [0.15, 0.2) is 5.82 Å². The molecular formula is C18H19FN4O. The first-order chi connectivity index (χ1) is 11.7. The lowest BCUT2D eigenvalue weighted by Gasteiger charge is -2.35. The number of benzene rings is 1. The summed E-state index contributed by atoms with van der Waals surface area (Å²) in [6.07, 6.45) is 4.53. The zero-order valence-electron chi connectivity index (χ0n) is 13.5. The molecule has 6 heteroatoms. The third-order valence-corrected chi connectivity index (χ3v) is 4.86. The molecule has 1 aromatic heterocycles. The van der Waals surface area contributed by atoms with Crippen LogP contribution in [-0.2, 0) is 6.42 Å². The maximum Gasteiger partial charge on any atom is 0.318 e. The maximum atomic E-state index is 13.1. The van der Waals surface area contributed by atoms with Crippen molar-refractivity contribution in [1.82, 2.24) is 20.2 Å². The standard InChI is InChI=1S/C18H19FN4O/c1-2-20-18(24)23-13-7-8-16(23)14-10-21-17(22-15(14)9-13)11-3-5-12(19)6-4-11/h3-6,10,13,16H,2,7-9H2,1H3,(H,20,24). The van der Waals surface area contributed by atoms with Gasteiger partial charge in [-0.15, -0.1) is 0 Å². The number of nitrogens with one attached hydrogen (secondary N) is 1. The van der Waals surface area contributed by atoms with Gasteiger partial charge in [0.05, 0.1) is 11.7 Å². The van der Waals surface area contributed by atoms with Crippen LogP contribution in [0.4, 0.5) is 9.18 Å². The third-order valence-electron chi connectivity index (χ3n) is 4.86. The van der Waals surface area contributed by atoms with E-state index in [9.17, 15) is 9.18 Å². The van der Waals surface area contributed by atoms with Crippen LogP contribution in [0.3, 0.4) is 0 Å². The molecule has 1 saturated heterocycles. The fraction of sp³-hybridized carbons (Fsp3) is 0.389. The molecule has 0 spiro atoms. The van der Waals surface area contributed by atoms with Crippen LogP contribution in [0.15, 0.2) is 30.5 Å². The van der Waals surface area contributed by atoms with Gasteiger partial charge in [0, 0.05) is 36.3 Å². The number of hydrogen-bond donors (Lipinski definition) is 1. The van der Waals surface area contributed by atoms with Crippen LogP contribution in [0.1, 0.15) is 37.1 Å². The number of amides is 2. The largest absolute Gasteiger partial charge is 0.338 e. The van der Waals surface area contributed by atoms with Crippen molar-refractivity contribution in [3.05, 3.63) is 47.5 Å². The van der Waals surface area contributed by atoms with Gasteiger partial charge >= 0.3 is 6.03 Å². The average molecular weight is 326 g/mol. The number of hydrogen-bond acceptors (Lipinski definition) is 3. The molecule has 5 nitrogen and oxygen atoms in total. The molecule has 24 heavy (non-hydrogen) atoms. The van der Waals surface area contributed by atoms with Crippen molar-refractivity contribution >= 4 is 6.03 Å². The monoisotopic (exact) mass is 326 g/mol. The summed E-state index contributed by atoms with van der Waals surface area (Å²) in [5.74, 6) is 0.340. The molecule has 2 atom stereocenters. The lowest BCUT2D eigenvalue weighted by molar-refractivity contribution is 0.165. The lowest BCUT2D eigenvalue weighted by atomic mass is 9.99. The molecule has 124 valence electrons. The van der Waals surface area contributed by atoms with E-state index in [1.165, 1.54) is 12.1 Å². The Balaban J connectivity index is 1.67. The van der Waals surface area contributed by atoms with Crippen LogP contribution >= 0.6 is 0 Å². The highest BCUT2D eigenvalue weighted by molar-refractivity contribution is 5.76. The third kappa shape index (κ3) is 2.42. The SMILES string of the molecule is CCNC(=O)N1C2CCC1c1cnc(-c3ccc(F)cc3)nc1C2. The van der Waals surface area contributed by atoms with Gasteiger partial charge in [0.1, 0.15) is 5.82 Å². The molecule has 2 aromatic rings. The number of nitrogens with zero attached hydrogens (tertiary/aromatic N) is 3. The second-order valence-electron chi connectivity index (χ2n) is 6.30. The predicted octanol–water partition coefficient (Wildman–Crippen LogP) is 3.07. The van der Waals surface area contributed by atoms with E-state index in [2.05, 4.69) is 10.3 Å². The summed E-state index contributed by atoms with van der Waals surface area (Å²) in [4.78, 5) is 23.4. The van der Waals surface area contributed by atoms with Crippen molar-refractivity contribution in [2.45, 2.75) is 38.3 Å². The quantitative estimate of drug-likeness (QED) is 0.923. The van der Waals surface area contributed by atoms with E-state index in [0.717, 1.165) is 36.1 Å². The van der Waals surface area contributed by atoms with Gasteiger partial charge in [-0.25, -0.2) is 19.2 Å². The second kappa shape index (κ2) is 5.85. The molecule has 0 saturated carbocycles. The summed E-state index contributed by atoms with van der Waals surface area (Å²) in [5, 5.41) is 2.90. The minimum Gasteiger partial charge on any atom is -0.338 e. The predicted molar refractivity (Wildman–Crippen MR) is 87.8 cm³/mol. The molecule has 4 rings (SSSR count). The van der Waals surface area contributed by atoms with E-state index in [1.807, 2.05) is 18.0 Å². The number of urea groups is 1. The topological polar surface area (TPSA) is 58.1 Å². The molecule has 0 aliphatic carbocycles. The smallest absolute Gasteiger partial charge is 0.318 e. The second-order valence-corrected chi connectivity index (χ2v) is 6.30. The number of carbonyl (C=O) groups is 1. The fourth-order valence-electron chi connectivity index (χ4n) is 3.77. The molecule has 2 aliphatic rings. The van der Waals surface area contributed by atoms with E-state index in [0.29, 0.717) is 12.4 Å². The minimum atomic E-state index is -0.271. The van der Waals surface area contributed by atoms with E-state index >= 15 is 0 Å². The van der Waals surface area contributed by atoms with Crippen molar-refractivity contribution in [3.8, 4) is 11.4 Å². The molecule has 1 N–H and O–H groups in total. The Morgan fingerprint density at radius 1 is 1.33 bits per heavy atom. The van der Waals surface area contributed by atoms with Crippen molar-refractivity contribution in [1.29, 1.82) is 0 Å². The molecule has 2 bridgehead atoms. The van der Waals surface area contributed by atoms with Gasteiger partial charge in [0.25, 0.3) is 0 Å². The number of fused-ring (bicyclic) bond motifs is 4. The van der Waals surface area contributed by atoms with Crippen LogP contribution in [0, 0.1) is 5.82 Å². The maximum absolute atomic E-state index is 13.1. The zero-order chi connectivity index (χ0) is 16.7. The molecule has 1 fully saturated rings. The highest BCUT2D eigenvalue weighted by atomic mass is 19.1. The Bertz CT molecular complexity index is 777. The Kier molecular flexibility index (Phi) is 3.67. The van der Waals surface area contributed by atoms with Gasteiger partial charge in [-0.1, -0.05) is 0 Å². The van der Waals surface area contributed by atoms with Gasteiger partial charge in [-0.3, -0.25) is 0 Å². The number of carbonyl (C=O) groups excluding carboxylic acids is 1. The Morgan fingerprint density at radius 2 is 2.12 bits per heavy atom. The summed E-state index contributed by atoms with van der Waals surface area (Å²) in [5.41, 5.74) is 2.86. The molecule has 2 aliphatic heterocycles. The zero-order valence-corrected chi connectivity index (χ0v) is 13.5. The highest BCUT2D eigenvalue weighted by Gasteiger charge is 2.43. The Labute approximate surface area is 139 Å². The first-order valence-corrected chi connectivity index (χ1v) is 8.35. The lowest BCUT2D eigenvalue weighted by Crippen LogP contribution is -2.47. The molecule has 3 heterocycles. The van der Waals surface area contributed by atoms with Crippen molar-refractivity contribution < 1.29 is 9.18 Å². The van der Waals surface area contributed by atoms with Gasteiger partial charge < -0.3 is 10.2 Å². The summed E-state index contributed by atoms with van der Waals surface area (Å²) in [7, 11) is 0. The molecule has 1 aromatic carbocycles. The van der Waals surface area contributed by atoms with E-state index < -0.39 is 0 Å². The van der Waals surface area contributed by atoms with Crippen LogP contribution in [0.25, 0.3) is 11.4 Å². The number of aromatic nitrogens is 2. The average Bonchev–Trinajstić information content (AvgIpc) is 2.91. The summed E-state index contributed by atoms with van der Waals surface area (Å²) in [6.45, 7) is 2.55. The normalized spacial score (nSPS) is 21.5. The fourth-order valence-corrected chi connectivity index (χ4v) is 3.77. The van der Waals surface area contributed by atoms with Crippen molar-refractivity contribution in [2.24, 2.45) is 0 Å². The van der Waals surface area contributed by atoms with Crippen molar-refractivity contribution in [2.75, 3.05) is 6.54 Å². The molecule has 2 amide bonds. The van der Waals surface area contributed by atoms with E-state index in [-0.39, 0.29) is 23.9 Å². The van der Waals surface area contributed by atoms with Crippen LogP contribution in [0.5, 0.6) is 0 Å². The van der Waals surface area contributed by atoms with Gasteiger partial charge in [0.2, 0.25) is 0 Å². The van der Waals surface area contributed by atoms with Crippen LogP contribution in [-0.4, -0.2) is 33.5 Å². The Morgan fingerprint density at radius 3 is 2.88 bits per heavy atom. The summed E-state index contributed by atoms with van der Waals surface area (Å²) >= 11 is 0. The Hall–Kier alpha value is -2.50. The minimum absolute atomic E-state index is 0.00161. The number of halogens is 1. The molecule has 0 radical (unpaired) electrons. The number of rotatable bonds is 2. The van der Waals surface area contributed by atoms with E-state index in [4.69, 9.17) is 4.98 Å².